The van der Waals surface area contributed by atoms with Gasteiger partial charge in [0.05, 0.1) is 12.8 Å². The molecule has 0 amide bonds. The zero-order valence-corrected chi connectivity index (χ0v) is 12.2. The highest BCUT2D eigenvalue weighted by Gasteiger charge is 2.34. The van der Waals surface area contributed by atoms with E-state index in [2.05, 4.69) is 12.2 Å². The van der Waals surface area contributed by atoms with E-state index in [1.807, 2.05) is 11.0 Å². The summed E-state index contributed by atoms with van der Waals surface area (Å²) in [5, 5.41) is 3.30. The molecule has 1 aromatic heterocycles. The minimum Gasteiger partial charge on any atom is -0.468 e. The van der Waals surface area contributed by atoms with E-state index in [0.29, 0.717) is 19.6 Å². The first-order chi connectivity index (χ1) is 10.0. The Hall–Kier alpha value is -1.27. The molecule has 1 aliphatic rings. The maximum Gasteiger partial charge on any atom is 0.412 e. The van der Waals surface area contributed by atoms with Crippen LogP contribution in [0.25, 0.3) is 0 Å². The van der Waals surface area contributed by atoms with Crippen molar-refractivity contribution in [2.45, 2.75) is 39.0 Å². The third-order valence-electron chi connectivity index (χ3n) is 3.60. The monoisotopic (exact) mass is 302 g/mol. The van der Waals surface area contributed by atoms with E-state index < -0.39 is 11.7 Å². The molecule has 2 heterocycles. The van der Waals surface area contributed by atoms with Crippen LogP contribution in [-0.2, 0) is 13.1 Å². The summed E-state index contributed by atoms with van der Waals surface area (Å²) in [6, 6.07) is 1.92. The maximum absolute atomic E-state index is 12.6. The van der Waals surface area contributed by atoms with Gasteiger partial charge in [0.2, 0.25) is 0 Å². The SMILES string of the molecule is CCCNCc1ccoc1CN1CC=C(C(F)(F)F)CC1. The van der Waals surface area contributed by atoms with E-state index in [1.54, 1.807) is 6.26 Å². The number of furan rings is 1. The van der Waals surface area contributed by atoms with Crippen LogP contribution in [0, 0.1) is 0 Å². The van der Waals surface area contributed by atoms with Gasteiger partial charge in [-0.25, -0.2) is 0 Å². The van der Waals surface area contributed by atoms with Gasteiger partial charge in [0.25, 0.3) is 0 Å². The maximum atomic E-state index is 12.6. The van der Waals surface area contributed by atoms with Crippen LogP contribution in [0.5, 0.6) is 0 Å². The van der Waals surface area contributed by atoms with Crippen molar-refractivity contribution in [3.05, 3.63) is 35.3 Å². The fourth-order valence-corrected chi connectivity index (χ4v) is 2.38. The molecule has 2 rings (SSSR count). The van der Waals surface area contributed by atoms with Crippen molar-refractivity contribution in [3.8, 4) is 0 Å². The van der Waals surface area contributed by atoms with Crippen molar-refractivity contribution in [2.75, 3.05) is 19.6 Å². The largest absolute Gasteiger partial charge is 0.468 e. The number of rotatable bonds is 6. The van der Waals surface area contributed by atoms with Gasteiger partial charge in [0.15, 0.2) is 0 Å². The zero-order valence-electron chi connectivity index (χ0n) is 12.2. The summed E-state index contributed by atoms with van der Waals surface area (Å²) in [5.41, 5.74) is 0.664. The second-order valence-corrected chi connectivity index (χ2v) is 5.26. The highest BCUT2D eigenvalue weighted by molar-refractivity contribution is 5.18. The normalized spacial score (nSPS) is 17.0. The number of hydrogen-bond acceptors (Lipinski definition) is 3. The fraction of sp³-hybridized carbons (Fsp3) is 0.600. The Morgan fingerprint density at radius 1 is 1.38 bits per heavy atom. The van der Waals surface area contributed by atoms with Crippen LogP contribution in [0.15, 0.2) is 28.4 Å². The Morgan fingerprint density at radius 3 is 2.81 bits per heavy atom. The van der Waals surface area contributed by atoms with Crippen molar-refractivity contribution in [1.29, 1.82) is 0 Å². The predicted octanol–water partition coefficient (Wildman–Crippen LogP) is 3.47. The van der Waals surface area contributed by atoms with Crippen LogP contribution < -0.4 is 5.32 Å². The van der Waals surface area contributed by atoms with Gasteiger partial charge >= 0.3 is 6.18 Å². The Labute approximate surface area is 122 Å². The Kier molecular flexibility index (Phi) is 5.47. The van der Waals surface area contributed by atoms with Crippen molar-refractivity contribution in [3.63, 3.8) is 0 Å². The standard InChI is InChI=1S/C15H21F3N2O/c1-2-6-19-10-12-5-9-21-14(12)11-20-7-3-13(4-8-20)15(16,17)18/h3,5,9,19H,2,4,6-8,10-11H2,1H3. The summed E-state index contributed by atoms with van der Waals surface area (Å²) in [4.78, 5) is 1.97. The molecular weight excluding hydrogens is 281 g/mol. The molecule has 21 heavy (non-hydrogen) atoms. The summed E-state index contributed by atoms with van der Waals surface area (Å²) in [7, 11) is 0. The fourth-order valence-electron chi connectivity index (χ4n) is 2.38. The second kappa shape index (κ2) is 7.13. The van der Waals surface area contributed by atoms with Crippen molar-refractivity contribution >= 4 is 0 Å². The highest BCUT2D eigenvalue weighted by atomic mass is 19.4. The lowest BCUT2D eigenvalue weighted by Gasteiger charge is -2.26. The molecule has 6 heteroatoms. The summed E-state index contributed by atoms with van der Waals surface area (Å²) in [6.07, 6.45) is -0.162. The van der Waals surface area contributed by atoms with E-state index in [0.717, 1.165) is 30.8 Å². The molecular formula is C15H21F3N2O. The summed E-state index contributed by atoms with van der Waals surface area (Å²) in [5.74, 6) is 0.836. The van der Waals surface area contributed by atoms with Gasteiger partial charge in [-0.3, -0.25) is 4.90 Å². The third kappa shape index (κ3) is 4.61. The van der Waals surface area contributed by atoms with Crippen LogP contribution in [-0.4, -0.2) is 30.7 Å². The molecule has 0 saturated heterocycles. The van der Waals surface area contributed by atoms with Gasteiger partial charge in [-0.2, -0.15) is 13.2 Å². The average molecular weight is 302 g/mol. The first-order valence-electron chi connectivity index (χ1n) is 7.25. The molecule has 3 nitrogen and oxygen atoms in total. The van der Waals surface area contributed by atoms with Gasteiger partial charge in [-0.1, -0.05) is 13.0 Å². The van der Waals surface area contributed by atoms with Crippen LogP contribution in [0.1, 0.15) is 31.1 Å². The van der Waals surface area contributed by atoms with Crippen LogP contribution in [0.3, 0.4) is 0 Å². The van der Waals surface area contributed by atoms with E-state index in [-0.39, 0.29) is 6.42 Å². The van der Waals surface area contributed by atoms with Crippen molar-refractivity contribution in [2.24, 2.45) is 0 Å². The molecule has 0 saturated carbocycles. The topological polar surface area (TPSA) is 28.4 Å². The third-order valence-corrected chi connectivity index (χ3v) is 3.60. The summed E-state index contributed by atoms with van der Waals surface area (Å²) in [6.45, 7) is 5.05. The van der Waals surface area contributed by atoms with Gasteiger partial charge < -0.3 is 9.73 Å². The van der Waals surface area contributed by atoms with E-state index in [4.69, 9.17) is 4.42 Å². The van der Waals surface area contributed by atoms with E-state index in [9.17, 15) is 13.2 Å². The first-order valence-corrected chi connectivity index (χ1v) is 7.25. The molecule has 0 spiro atoms. The predicted molar refractivity (Wildman–Crippen MR) is 74.7 cm³/mol. The molecule has 0 unspecified atom stereocenters. The lowest BCUT2D eigenvalue weighted by atomic mass is 10.1. The molecule has 1 aliphatic heterocycles. The zero-order chi connectivity index (χ0) is 15.3. The molecule has 1 aromatic rings. The average Bonchev–Trinajstić information content (AvgIpc) is 2.86. The van der Waals surface area contributed by atoms with Gasteiger partial charge in [0, 0.05) is 30.8 Å². The molecule has 0 aromatic carbocycles. The first kappa shape index (κ1) is 16.1. The number of alkyl halides is 3. The van der Waals surface area contributed by atoms with E-state index >= 15 is 0 Å². The second-order valence-electron chi connectivity index (χ2n) is 5.26. The summed E-state index contributed by atoms with van der Waals surface area (Å²) < 4.78 is 43.2. The van der Waals surface area contributed by atoms with Crippen LogP contribution in [0.2, 0.25) is 0 Å². The number of nitrogens with one attached hydrogen (secondary N) is 1. The molecule has 0 bridgehead atoms. The lowest BCUT2D eigenvalue weighted by Crippen LogP contribution is -2.31. The molecule has 0 aliphatic carbocycles. The smallest absolute Gasteiger partial charge is 0.412 e. The molecule has 0 fully saturated rings. The minimum absolute atomic E-state index is 0.0492. The minimum atomic E-state index is -4.19. The molecule has 118 valence electrons. The van der Waals surface area contributed by atoms with Crippen molar-refractivity contribution < 1.29 is 17.6 Å². The van der Waals surface area contributed by atoms with Crippen molar-refractivity contribution in [1.82, 2.24) is 10.2 Å². The Balaban J connectivity index is 1.89. The molecule has 0 radical (unpaired) electrons. The van der Waals surface area contributed by atoms with Crippen LogP contribution in [0.4, 0.5) is 13.2 Å². The molecule has 1 N–H and O–H groups in total. The number of nitrogens with zero attached hydrogens (tertiary/aromatic N) is 1. The van der Waals surface area contributed by atoms with E-state index in [1.165, 1.54) is 6.08 Å². The number of hydrogen-bond donors (Lipinski definition) is 1. The molecule has 0 atom stereocenters. The quantitative estimate of drug-likeness (QED) is 0.644. The van der Waals surface area contributed by atoms with Crippen LogP contribution >= 0.6 is 0 Å². The highest BCUT2D eigenvalue weighted by Crippen LogP contribution is 2.30. The van der Waals surface area contributed by atoms with Gasteiger partial charge in [0.1, 0.15) is 5.76 Å². The Bertz CT molecular complexity index is 480. The number of halogens is 3. The lowest BCUT2D eigenvalue weighted by molar-refractivity contribution is -0.0961. The van der Waals surface area contributed by atoms with Gasteiger partial charge in [-0.15, -0.1) is 0 Å². The Morgan fingerprint density at radius 2 is 2.19 bits per heavy atom. The summed E-state index contributed by atoms with van der Waals surface area (Å²) >= 11 is 0. The van der Waals surface area contributed by atoms with Gasteiger partial charge in [-0.05, 0) is 25.5 Å².